The first-order valence-electron chi connectivity index (χ1n) is 6.37. The van der Waals surface area contributed by atoms with Crippen molar-refractivity contribution in [1.82, 2.24) is 5.32 Å². The van der Waals surface area contributed by atoms with Crippen LogP contribution in [0.25, 0.3) is 0 Å². The van der Waals surface area contributed by atoms with Crippen LogP contribution < -0.4 is 5.32 Å². The molecule has 0 saturated carbocycles. The summed E-state index contributed by atoms with van der Waals surface area (Å²) >= 11 is 0. The van der Waals surface area contributed by atoms with Gasteiger partial charge in [-0.15, -0.1) is 0 Å². The van der Waals surface area contributed by atoms with Gasteiger partial charge in [-0.2, -0.15) is 0 Å². The van der Waals surface area contributed by atoms with Crippen molar-refractivity contribution in [2.45, 2.75) is 19.5 Å². The van der Waals surface area contributed by atoms with Crippen molar-refractivity contribution in [3.8, 4) is 0 Å². The molecule has 0 heterocycles. The van der Waals surface area contributed by atoms with Crippen molar-refractivity contribution in [3.63, 3.8) is 0 Å². The third-order valence-electron chi connectivity index (χ3n) is 2.98. The van der Waals surface area contributed by atoms with Crippen LogP contribution >= 0.6 is 0 Å². The summed E-state index contributed by atoms with van der Waals surface area (Å²) in [5.41, 5.74) is 1.55. The predicted octanol–water partition coefficient (Wildman–Crippen LogP) is 3.82. The second-order valence-corrected chi connectivity index (χ2v) is 4.58. The molecule has 0 saturated heterocycles. The highest BCUT2D eigenvalue weighted by molar-refractivity contribution is 5.34. The lowest BCUT2D eigenvalue weighted by Crippen LogP contribution is -2.13. The number of non-ortho nitro benzene ring substituents is 1. The highest BCUT2D eigenvalue weighted by Gasteiger charge is 2.07. The molecule has 2 aromatic rings. The quantitative estimate of drug-likeness (QED) is 0.650. The summed E-state index contributed by atoms with van der Waals surface area (Å²) in [5.74, 6) is 0. The zero-order valence-electron chi connectivity index (χ0n) is 11.1. The highest BCUT2D eigenvalue weighted by Crippen LogP contribution is 2.19. The standard InChI is InChI=1S/C15H14F2N2O2/c16-15(17)13-5-1-3-11(7-13)9-18-10-12-4-2-6-14(8-12)19(20)21/h1-8,15,18H,9-10H2. The van der Waals surface area contributed by atoms with Crippen LogP contribution in [-0.2, 0) is 13.1 Å². The number of nitrogens with one attached hydrogen (secondary N) is 1. The van der Waals surface area contributed by atoms with E-state index in [-0.39, 0.29) is 11.3 Å². The first kappa shape index (κ1) is 15.1. The average molecular weight is 292 g/mol. The Morgan fingerprint density at radius 3 is 2.29 bits per heavy atom. The topological polar surface area (TPSA) is 55.2 Å². The van der Waals surface area contributed by atoms with E-state index in [2.05, 4.69) is 5.32 Å². The second-order valence-electron chi connectivity index (χ2n) is 4.58. The Morgan fingerprint density at radius 1 is 1.05 bits per heavy atom. The van der Waals surface area contributed by atoms with Gasteiger partial charge in [0.2, 0.25) is 0 Å². The van der Waals surface area contributed by atoms with Crippen molar-refractivity contribution in [3.05, 3.63) is 75.3 Å². The summed E-state index contributed by atoms with van der Waals surface area (Å²) in [4.78, 5) is 10.2. The van der Waals surface area contributed by atoms with E-state index >= 15 is 0 Å². The SMILES string of the molecule is O=[N+]([O-])c1cccc(CNCc2cccc(C(F)F)c2)c1. The van der Waals surface area contributed by atoms with E-state index in [1.807, 2.05) is 0 Å². The van der Waals surface area contributed by atoms with E-state index in [0.717, 1.165) is 11.1 Å². The zero-order valence-corrected chi connectivity index (χ0v) is 11.1. The van der Waals surface area contributed by atoms with Crippen LogP contribution in [0.4, 0.5) is 14.5 Å². The number of nitrogens with zero attached hydrogens (tertiary/aromatic N) is 1. The summed E-state index contributed by atoms with van der Waals surface area (Å²) in [7, 11) is 0. The van der Waals surface area contributed by atoms with Gasteiger partial charge in [-0.3, -0.25) is 10.1 Å². The fourth-order valence-electron chi connectivity index (χ4n) is 1.97. The fourth-order valence-corrected chi connectivity index (χ4v) is 1.97. The minimum Gasteiger partial charge on any atom is -0.309 e. The van der Waals surface area contributed by atoms with E-state index in [4.69, 9.17) is 0 Å². The molecule has 0 aliphatic carbocycles. The van der Waals surface area contributed by atoms with E-state index in [1.165, 1.54) is 24.3 Å². The molecule has 110 valence electrons. The van der Waals surface area contributed by atoms with Crippen LogP contribution in [0.15, 0.2) is 48.5 Å². The molecule has 2 aromatic carbocycles. The maximum Gasteiger partial charge on any atom is 0.269 e. The number of hydrogen-bond donors (Lipinski definition) is 1. The fraction of sp³-hybridized carbons (Fsp3) is 0.200. The Balaban J connectivity index is 1.94. The van der Waals surface area contributed by atoms with Gasteiger partial charge < -0.3 is 5.32 Å². The highest BCUT2D eigenvalue weighted by atomic mass is 19.3. The minimum atomic E-state index is -2.48. The Morgan fingerprint density at radius 2 is 1.67 bits per heavy atom. The van der Waals surface area contributed by atoms with Crippen LogP contribution in [0.5, 0.6) is 0 Å². The van der Waals surface area contributed by atoms with Gasteiger partial charge >= 0.3 is 0 Å². The molecule has 0 atom stereocenters. The molecule has 4 nitrogen and oxygen atoms in total. The van der Waals surface area contributed by atoms with Crippen molar-refractivity contribution >= 4 is 5.69 Å². The molecule has 0 spiro atoms. The maximum absolute atomic E-state index is 12.6. The number of rotatable bonds is 6. The van der Waals surface area contributed by atoms with Crippen molar-refractivity contribution in [2.24, 2.45) is 0 Å². The summed E-state index contributed by atoms with van der Waals surface area (Å²) in [5, 5.41) is 13.7. The van der Waals surface area contributed by atoms with Gasteiger partial charge in [-0.1, -0.05) is 30.3 Å². The van der Waals surface area contributed by atoms with Crippen LogP contribution in [0.2, 0.25) is 0 Å². The van der Waals surface area contributed by atoms with Gasteiger partial charge in [0.15, 0.2) is 0 Å². The van der Waals surface area contributed by atoms with Crippen LogP contribution in [0.3, 0.4) is 0 Å². The Labute approximate surface area is 120 Å². The molecule has 0 bridgehead atoms. The minimum absolute atomic E-state index is 0.00958. The molecule has 6 heteroatoms. The average Bonchev–Trinajstić information content (AvgIpc) is 2.48. The summed E-state index contributed by atoms with van der Waals surface area (Å²) in [6.07, 6.45) is -2.48. The molecular formula is C15H14F2N2O2. The lowest BCUT2D eigenvalue weighted by Gasteiger charge is -2.07. The lowest BCUT2D eigenvalue weighted by atomic mass is 10.1. The number of halogens is 2. The van der Waals surface area contributed by atoms with E-state index < -0.39 is 11.3 Å². The Bertz CT molecular complexity index is 633. The number of nitro groups is 1. The smallest absolute Gasteiger partial charge is 0.269 e. The number of nitro benzene ring substituents is 1. The molecular weight excluding hydrogens is 278 g/mol. The van der Waals surface area contributed by atoms with Crippen LogP contribution in [-0.4, -0.2) is 4.92 Å². The van der Waals surface area contributed by atoms with Crippen molar-refractivity contribution < 1.29 is 13.7 Å². The zero-order chi connectivity index (χ0) is 15.2. The molecule has 1 N–H and O–H groups in total. The number of hydrogen-bond acceptors (Lipinski definition) is 3. The molecule has 0 fully saturated rings. The third-order valence-corrected chi connectivity index (χ3v) is 2.98. The van der Waals surface area contributed by atoms with Gasteiger partial charge in [0.25, 0.3) is 12.1 Å². The predicted molar refractivity (Wildman–Crippen MR) is 75.0 cm³/mol. The van der Waals surface area contributed by atoms with Crippen molar-refractivity contribution in [1.29, 1.82) is 0 Å². The molecule has 0 aliphatic rings. The largest absolute Gasteiger partial charge is 0.309 e. The normalized spacial score (nSPS) is 10.8. The van der Waals surface area contributed by atoms with Gasteiger partial charge in [0.05, 0.1) is 4.92 Å². The second kappa shape index (κ2) is 6.90. The monoisotopic (exact) mass is 292 g/mol. The van der Waals surface area contributed by atoms with E-state index in [9.17, 15) is 18.9 Å². The number of benzene rings is 2. The molecule has 21 heavy (non-hydrogen) atoms. The molecule has 2 rings (SSSR count). The molecule has 0 unspecified atom stereocenters. The summed E-state index contributed by atoms with van der Waals surface area (Å²) in [6, 6.07) is 12.5. The first-order valence-corrected chi connectivity index (χ1v) is 6.37. The maximum atomic E-state index is 12.6. The molecule has 0 radical (unpaired) electrons. The summed E-state index contributed by atoms with van der Waals surface area (Å²) < 4.78 is 25.1. The lowest BCUT2D eigenvalue weighted by molar-refractivity contribution is -0.384. The van der Waals surface area contributed by atoms with E-state index in [1.54, 1.807) is 24.3 Å². The van der Waals surface area contributed by atoms with Crippen molar-refractivity contribution in [2.75, 3.05) is 0 Å². The number of alkyl halides is 2. The molecule has 0 amide bonds. The Kier molecular flexibility index (Phi) is 4.94. The van der Waals surface area contributed by atoms with Gasteiger partial charge in [0.1, 0.15) is 0 Å². The van der Waals surface area contributed by atoms with Crippen LogP contribution in [0, 0.1) is 10.1 Å². The van der Waals surface area contributed by atoms with Crippen LogP contribution in [0.1, 0.15) is 23.1 Å². The Hall–Kier alpha value is -2.34. The summed E-state index contributed by atoms with van der Waals surface area (Å²) in [6.45, 7) is 0.851. The van der Waals surface area contributed by atoms with Gasteiger partial charge in [-0.25, -0.2) is 8.78 Å². The third kappa shape index (κ3) is 4.32. The molecule has 0 aliphatic heterocycles. The van der Waals surface area contributed by atoms with Gasteiger partial charge in [-0.05, 0) is 17.2 Å². The van der Waals surface area contributed by atoms with Gasteiger partial charge in [0, 0.05) is 30.8 Å². The molecule has 0 aromatic heterocycles. The van der Waals surface area contributed by atoms with E-state index in [0.29, 0.717) is 13.1 Å². The first-order chi connectivity index (χ1) is 10.1.